The molecule has 0 saturated carbocycles. The molecule has 0 spiro atoms. The van der Waals surface area contributed by atoms with Crippen molar-refractivity contribution in [1.82, 2.24) is 10.0 Å². The Hall–Kier alpha value is -0.910. The molecule has 0 amide bonds. The van der Waals surface area contributed by atoms with Crippen LogP contribution in [-0.2, 0) is 10.0 Å². The van der Waals surface area contributed by atoms with E-state index in [9.17, 15) is 8.42 Å². The van der Waals surface area contributed by atoms with Crippen LogP contribution in [0.3, 0.4) is 0 Å². The highest BCUT2D eigenvalue weighted by Gasteiger charge is 2.20. The van der Waals surface area contributed by atoms with E-state index >= 15 is 0 Å². The zero-order valence-corrected chi connectivity index (χ0v) is 11.7. The first kappa shape index (κ1) is 13.5. The van der Waals surface area contributed by atoms with Gasteiger partial charge < -0.3 is 5.32 Å². The molecule has 1 aliphatic heterocycles. The maximum atomic E-state index is 12.2. The van der Waals surface area contributed by atoms with E-state index in [2.05, 4.69) is 10.0 Å². The number of benzene rings is 1. The molecule has 0 radical (unpaired) electrons. The Morgan fingerprint density at radius 1 is 1.39 bits per heavy atom. The summed E-state index contributed by atoms with van der Waals surface area (Å²) in [5, 5.41) is 3.23. The maximum Gasteiger partial charge on any atom is 0.240 e. The Morgan fingerprint density at radius 3 is 2.83 bits per heavy atom. The van der Waals surface area contributed by atoms with Crippen LogP contribution < -0.4 is 10.0 Å². The van der Waals surface area contributed by atoms with E-state index in [4.69, 9.17) is 0 Å². The lowest BCUT2D eigenvalue weighted by molar-refractivity contribution is 0.538. The fourth-order valence-corrected chi connectivity index (χ4v) is 3.63. The molecule has 0 bridgehead atoms. The average Bonchev–Trinajstić information content (AvgIpc) is 2.83. The van der Waals surface area contributed by atoms with Crippen molar-refractivity contribution in [2.45, 2.75) is 25.2 Å². The van der Waals surface area contributed by atoms with Crippen LogP contribution in [-0.4, -0.2) is 28.1 Å². The van der Waals surface area contributed by atoms with E-state index in [0.717, 1.165) is 30.6 Å². The van der Waals surface area contributed by atoms with Crippen LogP contribution in [0.15, 0.2) is 23.1 Å². The van der Waals surface area contributed by atoms with Crippen molar-refractivity contribution >= 4 is 10.0 Å². The lowest BCUT2D eigenvalue weighted by Gasteiger charge is -2.12. The van der Waals surface area contributed by atoms with Crippen LogP contribution in [0.5, 0.6) is 0 Å². The topological polar surface area (TPSA) is 58.2 Å². The molecule has 1 unspecified atom stereocenters. The summed E-state index contributed by atoms with van der Waals surface area (Å²) in [4.78, 5) is 0.397. The summed E-state index contributed by atoms with van der Waals surface area (Å²) in [6.45, 7) is 6.12. The monoisotopic (exact) mass is 268 g/mol. The minimum atomic E-state index is -3.38. The Balaban J connectivity index is 2.12. The first-order valence-corrected chi connectivity index (χ1v) is 7.75. The van der Waals surface area contributed by atoms with Crippen LogP contribution >= 0.6 is 0 Å². The van der Waals surface area contributed by atoms with Crippen LogP contribution in [0.25, 0.3) is 0 Å². The van der Waals surface area contributed by atoms with Gasteiger partial charge in [-0.15, -0.1) is 0 Å². The number of hydrogen-bond donors (Lipinski definition) is 2. The van der Waals surface area contributed by atoms with Gasteiger partial charge in [0, 0.05) is 6.54 Å². The predicted molar refractivity (Wildman–Crippen MR) is 72.1 cm³/mol. The molecule has 4 nitrogen and oxygen atoms in total. The Bertz CT molecular complexity index is 520. The van der Waals surface area contributed by atoms with Crippen molar-refractivity contribution in [1.29, 1.82) is 0 Å². The van der Waals surface area contributed by atoms with Gasteiger partial charge >= 0.3 is 0 Å². The van der Waals surface area contributed by atoms with E-state index in [1.807, 2.05) is 26.0 Å². The molecule has 100 valence electrons. The standard InChI is InChI=1S/C13H20N2O2S/c1-10-3-4-11(2)13(7-10)18(16,17)15-9-12-5-6-14-8-12/h3-4,7,12,14-15H,5-6,8-9H2,1-2H3. The Labute approximate surface area is 109 Å². The van der Waals surface area contributed by atoms with Gasteiger partial charge in [0.05, 0.1) is 4.90 Å². The van der Waals surface area contributed by atoms with Crippen LogP contribution in [0.1, 0.15) is 17.5 Å². The molecule has 1 saturated heterocycles. The van der Waals surface area contributed by atoms with Crippen LogP contribution in [0.2, 0.25) is 0 Å². The number of nitrogens with one attached hydrogen (secondary N) is 2. The Kier molecular flexibility index (Phi) is 4.04. The SMILES string of the molecule is Cc1ccc(C)c(S(=O)(=O)NCC2CCNC2)c1. The molecule has 1 heterocycles. The highest BCUT2D eigenvalue weighted by atomic mass is 32.2. The van der Waals surface area contributed by atoms with E-state index in [1.54, 1.807) is 6.07 Å². The third-order valence-electron chi connectivity index (χ3n) is 3.36. The zero-order chi connectivity index (χ0) is 13.2. The molecular weight excluding hydrogens is 248 g/mol. The first-order valence-electron chi connectivity index (χ1n) is 6.27. The second kappa shape index (κ2) is 5.38. The summed E-state index contributed by atoms with van der Waals surface area (Å²) >= 11 is 0. The normalized spacial score (nSPS) is 20.2. The molecular formula is C13H20N2O2S. The number of sulfonamides is 1. The summed E-state index contributed by atoms with van der Waals surface area (Å²) in [7, 11) is -3.38. The predicted octanol–water partition coefficient (Wildman–Crippen LogP) is 1.19. The van der Waals surface area contributed by atoms with Gasteiger partial charge in [-0.1, -0.05) is 12.1 Å². The van der Waals surface area contributed by atoms with Crippen molar-refractivity contribution < 1.29 is 8.42 Å². The molecule has 0 aromatic heterocycles. The van der Waals surface area contributed by atoms with Gasteiger partial charge in [-0.25, -0.2) is 13.1 Å². The second-order valence-corrected chi connectivity index (χ2v) is 6.72. The van der Waals surface area contributed by atoms with Gasteiger partial charge in [0.25, 0.3) is 0 Å². The Morgan fingerprint density at radius 2 is 2.17 bits per heavy atom. The van der Waals surface area contributed by atoms with E-state index in [1.165, 1.54) is 0 Å². The van der Waals surface area contributed by atoms with Crippen molar-refractivity contribution in [2.24, 2.45) is 5.92 Å². The van der Waals surface area contributed by atoms with Crippen molar-refractivity contribution in [2.75, 3.05) is 19.6 Å². The zero-order valence-electron chi connectivity index (χ0n) is 10.9. The van der Waals surface area contributed by atoms with E-state index in [-0.39, 0.29) is 0 Å². The molecule has 1 aromatic rings. The van der Waals surface area contributed by atoms with Gasteiger partial charge in [-0.05, 0) is 56.5 Å². The van der Waals surface area contributed by atoms with Gasteiger partial charge in [0.1, 0.15) is 0 Å². The molecule has 1 atom stereocenters. The number of rotatable bonds is 4. The number of hydrogen-bond acceptors (Lipinski definition) is 3. The fourth-order valence-electron chi connectivity index (χ4n) is 2.19. The highest BCUT2D eigenvalue weighted by Crippen LogP contribution is 2.17. The summed E-state index contributed by atoms with van der Waals surface area (Å²) in [5.74, 6) is 0.407. The first-order chi connectivity index (χ1) is 8.49. The van der Waals surface area contributed by atoms with Gasteiger partial charge in [0.2, 0.25) is 10.0 Å². The molecule has 5 heteroatoms. The third kappa shape index (κ3) is 3.10. The minimum absolute atomic E-state index is 0.397. The van der Waals surface area contributed by atoms with Crippen molar-refractivity contribution in [3.05, 3.63) is 29.3 Å². The van der Waals surface area contributed by atoms with Gasteiger partial charge in [-0.3, -0.25) is 0 Å². The lowest BCUT2D eigenvalue weighted by atomic mass is 10.1. The quantitative estimate of drug-likeness (QED) is 0.862. The average molecular weight is 268 g/mol. The number of aryl methyl sites for hydroxylation is 2. The molecule has 0 aliphatic carbocycles. The van der Waals surface area contributed by atoms with Gasteiger partial charge in [-0.2, -0.15) is 0 Å². The van der Waals surface area contributed by atoms with Crippen LogP contribution in [0, 0.1) is 19.8 Å². The van der Waals surface area contributed by atoms with Crippen molar-refractivity contribution in [3.8, 4) is 0 Å². The molecule has 2 rings (SSSR count). The smallest absolute Gasteiger partial charge is 0.240 e. The summed E-state index contributed by atoms with van der Waals surface area (Å²) in [5.41, 5.74) is 1.75. The lowest BCUT2D eigenvalue weighted by Crippen LogP contribution is -2.30. The fraction of sp³-hybridized carbons (Fsp3) is 0.538. The third-order valence-corrected chi connectivity index (χ3v) is 4.92. The van der Waals surface area contributed by atoms with Gasteiger partial charge in [0.15, 0.2) is 0 Å². The highest BCUT2D eigenvalue weighted by molar-refractivity contribution is 7.89. The maximum absolute atomic E-state index is 12.2. The molecule has 1 aromatic carbocycles. The second-order valence-electron chi connectivity index (χ2n) is 4.98. The minimum Gasteiger partial charge on any atom is -0.316 e. The largest absolute Gasteiger partial charge is 0.316 e. The van der Waals surface area contributed by atoms with E-state index < -0.39 is 10.0 Å². The summed E-state index contributed by atoms with van der Waals surface area (Å²) in [6, 6.07) is 5.50. The molecule has 1 aliphatic rings. The summed E-state index contributed by atoms with van der Waals surface area (Å²) < 4.78 is 27.2. The van der Waals surface area contributed by atoms with Crippen LogP contribution in [0.4, 0.5) is 0 Å². The molecule has 18 heavy (non-hydrogen) atoms. The molecule has 2 N–H and O–H groups in total. The van der Waals surface area contributed by atoms with Crippen molar-refractivity contribution in [3.63, 3.8) is 0 Å². The molecule has 1 fully saturated rings. The van der Waals surface area contributed by atoms with E-state index in [0.29, 0.717) is 17.4 Å². The summed E-state index contributed by atoms with van der Waals surface area (Å²) in [6.07, 6.45) is 1.04.